The first-order valence-electron chi connectivity index (χ1n) is 9.23. The van der Waals surface area contributed by atoms with Gasteiger partial charge >= 0.3 is 5.97 Å². The fourth-order valence-corrected chi connectivity index (χ4v) is 3.23. The van der Waals surface area contributed by atoms with Gasteiger partial charge in [0.15, 0.2) is 5.69 Å². The molecule has 8 heteroatoms. The van der Waals surface area contributed by atoms with Gasteiger partial charge in [0.1, 0.15) is 0 Å². The van der Waals surface area contributed by atoms with E-state index in [9.17, 15) is 19.8 Å². The van der Waals surface area contributed by atoms with Gasteiger partial charge in [0.05, 0.1) is 11.4 Å². The fourth-order valence-electron chi connectivity index (χ4n) is 3.23. The Bertz CT molecular complexity index is 1190. The number of pyridine rings is 1. The third-order valence-electron chi connectivity index (χ3n) is 4.88. The number of nitrogens with zero attached hydrogens (tertiary/aromatic N) is 4. The van der Waals surface area contributed by atoms with Crippen LogP contribution in [-0.2, 0) is 4.79 Å². The summed E-state index contributed by atoms with van der Waals surface area (Å²) in [6, 6.07) is 11.9. The minimum Gasteiger partial charge on any atom is -0.477 e. The smallest absolute Gasteiger partial charge is 0.354 e. The van der Waals surface area contributed by atoms with Crippen molar-refractivity contribution in [3.8, 4) is 28.8 Å². The largest absolute Gasteiger partial charge is 0.477 e. The summed E-state index contributed by atoms with van der Waals surface area (Å²) in [6.07, 6.45) is 3.57. The summed E-state index contributed by atoms with van der Waals surface area (Å²) in [7, 11) is 1.63. The maximum Gasteiger partial charge on any atom is 0.354 e. The van der Waals surface area contributed by atoms with E-state index in [0.717, 1.165) is 0 Å². The van der Waals surface area contributed by atoms with E-state index in [4.69, 9.17) is 0 Å². The number of rotatable bonds is 3. The highest BCUT2D eigenvalue weighted by Crippen LogP contribution is 2.23. The molecule has 3 aromatic rings. The van der Waals surface area contributed by atoms with Crippen molar-refractivity contribution < 1.29 is 19.8 Å². The first-order valence-corrected chi connectivity index (χ1v) is 9.23. The summed E-state index contributed by atoms with van der Waals surface area (Å²) in [5, 5.41) is 24.0. The fraction of sp³-hybridized carbons (Fsp3) is 0.182. The molecule has 8 nitrogen and oxygen atoms in total. The number of carboxylic acids is 1. The lowest BCUT2D eigenvalue weighted by Crippen LogP contribution is -2.37. The van der Waals surface area contributed by atoms with Crippen LogP contribution in [0.1, 0.15) is 22.5 Å². The highest BCUT2D eigenvalue weighted by molar-refractivity contribution is 5.90. The Labute approximate surface area is 172 Å². The number of hydrogen-bond acceptors (Lipinski definition) is 5. The van der Waals surface area contributed by atoms with Crippen LogP contribution < -0.4 is 0 Å². The van der Waals surface area contributed by atoms with E-state index >= 15 is 0 Å². The number of amides is 1. The summed E-state index contributed by atoms with van der Waals surface area (Å²) in [4.78, 5) is 29.3. The molecule has 2 N–H and O–H groups in total. The van der Waals surface area contributed by atoms with Crippen molar-refractivity contribution in [1.82, 2.24) is 19.7 Å². The summed E-state index contributed by atoms with van der Waals surface area (Å²) in [5.74, 6) is 3.98. The summed E-state index contributed by atoms with van der Waals surface area (Å²) in [6.45, 7) is 0.451. The lowest BCUT2D eigenvalue weighted by atomic mass is 10.0. The first kappa shape index (κ1) is 19.4. The number of aromatic carboxylic acids is 1. The highest BCUT2D eigenvalue weighted by Gasteiger charge is 2.42. The van der Waals surface area contributed by atoms with E-state index in [0.29, 0.717) is 29.1 Å². The Hall–Kier alpha value is -3.96. The Morgan fingerprint density at radius 2 is 2.07 bits per heavy atom. The van der Waals surface area contributed by atoms with Gasteiger partial charge in [0.2, 0.25) is 5.60 Å². The summed E-state index contributed by atoms with van der Waals surface area (Å²) >= 11 is 0. The molecule has 4 rings (SSSR count). The quantitative estimate of drug-likeness (QED) is 0.644. The van der Waals surface area contributed by atoms with Crippen LogP contribution in [0.4, 0.5) is 0 Å². The van der Waals surface area contributed by atoms with Gasteiger partial charge in [-0.05, 0) is 30.3 Å². The Kier molecular flexibility index (Phi) is 4.82. The number of carboxylic acid groups (broad SMARTS) is 1. The molecule has 1 aliphatic heterocycles. The third kappa shape index (κ3) is 3.66. The van der Waals surface area contributed by atoms with E-state index in [1.165, 1.54) is 11.0 Å². The van der Waals surface area contributed by atoms with Crippen LogP contribution >= 0.6 is 0 Å². The highest BCUT2D eigenvalue weighted by atomic mass is 16.4. The third-order valence-corrected chi connectivity index (χ3v) is 4.88. The molecule has 1 aliphatic rings. The number of carbonyl (C=O) groups excluding carboxylic acids is 1. The molecule has 1 fully saturated rings. The molecule has 1 atom stereocenters. The van der Waals surface area contributed by atoms with Crippen molar-refractivity contribution in [3.05, 3.63) is 66.1 Å². The molecule has 0 aliphatic carbocycles. The van der Waals surface area contributed by atoms with Crippen LogP contribution in [0.25, 0.3) is 16.9 Å². The van der Waals surface area contributed by atoms with Crippen molar-refractivity contribution >= 4 is 11.9 Å². The second-order valence-electron chi connectivity index (χ2n) is 7.02. The van der Waals surface area contributed by atoms with Crippen molar-refractivity contribution in [3.63, 3.8) is 0 Å². The monoisotopic (exact) mass is 402 g/mol. The Morgan fingerprint density at radius 1 is 1.23 bits per heavy atom. The van der Waals surface area contributed by atoms with Gasteiger partial charge in [-0.15, -0.1) is 0 Å². The van der Waals surface area contributed by atoms with Crippen molar-refractivity contribution in [2.75, 3.05) is 13.6 Å². The second-order valence-corrected chi connectivity index (χ2v) is 7.02. The number of likely N-dealkylation sites (N-methyl/N-ethyl adjacent to an activating group) is 1. The molecule has 1 aromatic carbocycles. The van der Waals surface area contributed by atoms with Crippen LogP contribution in [0.2, 0.25) is 0 Å². The SMILES string of the molecule is CN1CC[C@@](O)(C#Cc2cccc(-c3cc(-n4cccn4)cc(C(=O)O)n3)c2)C1=O. The molecule has 0 spiro atoms. The molecule has 3 heterocycles. The number of carbonyl (C=O) groups is 2. The molecule has 150 valence electrons. The number of aliphatic hydroxyl groups is 1. The molecular weight excluding hydrogens is 384 g/mol. The van der Waals surface area contributed by atoms with Crippen molar-refractivity contribution in [2.45, 2.75) is 12.0 Å². The maximum absolute atomic E-state index is 12.1. The zero-order valence-electron chi connectivity index (χ0n) is 16.1. The Morgan fingerprint density at radius 3 is 2.73 bits per heavy atom. The minimum absolute atomic E-state index is 0.108. The maximum atomic E-state index is 12.1. The van der Waals surface area contributed by atoms with Crippen LogP contribution in [0.15, 0.2) is 54.9 Å². The van der Waals surface area contributed by atoms with Crippen LogP contribution in [0.5, 0.6) is 0 Å². The van der Waals surface area contributed by atoms with Crippen LogP contribution in [0.3, 0.4) is 0 Å². The Balaban J connectivity index is 1.72. The normalized spacial score (nSPS) is 18.2. The number of aromatic nitrogens is 3. The minimum atomic E-state index is -1.68. The van der Waals surface area contributed by atoms with Gasteiger partial charge in [0.25, 0.3) is 5.91 Å². The molecule has 0 unspecified atom stereocenters. The molecule has 0 saturated carbocycles. The zero-order valence-corrected chi connectivity index (χ0v) is 16.1. The second kappa shape index (κ2) is 7.46. The first-order chi connectivity index (χ1) is 14.4. The molecule has 1 saturated heterocycles. The van der Waals surface area contributed by atoms with Crippen molar-refractivity contribution in [1.29, 1.82) is 0 Å². The molecule has 0 radical (unpaired) electrons. The molecule has 1 amide bonds. The van der Waals surface area contributed by atoms with E-state index < -0.39 is 17.5 Å². The molecule has 2 aromatic heterocycles. The predicted molar refractivity (Wildman–Crippen MR) is 108 cm³/mol. The average Bonchev–Trinajstić information content (AvgIpc) is 3.38. The lowest BCUT2D eigenvalue weighted by Gasteiger charge is -2.13. The van der Waals surface area contributed by atoms with Crippen molar-refractivity contribution in [2.24, 2.45) is 0 Å². The van der Waals surface area contributed by atoms with Gasteiger partial charge in [0, 0.05) is 43.5 Å². The number of likely N-dealkylation sites (tertiary alicyclic amines) is 1. The van der Waals surface area contributed by atoms with Gasteiger partial charge in [-0.1, -0.05) is 24.0 Å². The standard InChI is InChI=1S/C22H18N4O4/c1-25-11-8-22(30,21(25)29)7-6-15-4-2-5-16(12-15)18-13-17(26-10-3-9-23-26)14-19(24-18)20(27)28/h2-5,9-10,12-14,30H,8,11H2,1H3,(H,27,28)/t22-/m0/s1. The predicted octanol–water partition coefficient (Wildman–Crippen LogP) is 1.58. The summed E-state index contributed by atoms with van der Waals surface area (Å²) in [5.41, 5.74) is 0.446. The van der Waals surface area contributed by atoms with E-state index in [-0.39, 0.29) is 12.1 Å². The van der Waals surface area contributed by atoms with E-state index in [2.05, 4.69) is 21.9 Å². The zero-order chi connectivity index (χ0) is 21.3. The van der Waals surface area contributed by atoms with Gasteiger partial charge < -0.3 is 15.1 Å². The molecule has 0 bridgehead atoms. The van der Waals surface area contributed by atoms with E-state index in [1.807, 2.05) is 0 Å². The number of hydrogen-bond donors (Lipinski definition) is 2. The van der Waals surface area contributed by atoms with Gasteiger partial charge in [-0.25, -0.2) is 14.5 Å². The topological polar surface area (TPSA) is 109 Å². The molecule has 30 heavy (non-hydrogen) atoms. The number of benzene rings is 1. The summed E-state index contributed by atoms with van der Waals surface area (Å²) < 4.78 is 1.55. The average molecular weight is 402 g/mol. The van der Waals surface area contributed by atoms with E-state index in [1.54, 1.807) is 60.5 Å². The van der Waals surface area contributed by atoms with Crippen LogP contribution in [-0.4, -0.2) is 60.9 Å². The van der Waals surface area contributed by atoms with Gasteiger partial charge in [-0.2, -0.15) is 5.10 Å². The van der Waals surface area contributed by atoms with Crippen LogP contribution in [0, 0.1) is 11.8 Å². The van der Waals surface area contributed by atoms with Gasteiger partial charge in [-0.3, -0.25) is 4.79 Å². The lowest BCUT2D eigenvalue weighted by molar-refractivity contribution is -0.137. The molecular formula is C22H18N4O4.